The first-order chi connectivity index (χ1) is 8.65. The zero-order valence-corrected chi connectivity index (χ0v) is 11.2. The first-order valence-corrected chi connectivity index (χ1v) is 6.21. The predicted octanol–water partition coefficient (Wildman–Crippen LogP) is 3.55. The van der Waals surface area contributed by atoms with Crippen molar-refractivity contribution >= 4 is 28.8 Å². The lowest BCUT2D eigenvalue weighted by atomic mass is 10.1. The minimum absolute atomic E-state index is 0.392. The van der Waals surface area contributed by atoms with Crippen molar-refractivity contribution in [3.05, 3.63) is 64.7 Å². The number of thiocarbonyl (C=S) groups is 1. The molecule has 0 amide bonds. The summed E-state index contributed by atoms with van der Waals surface area (Å²) in [5, 5.41) is 0.692. The Balaban J connectivity index is 2.04. The molecule has 2 rings (SSSR count). The van der Waals surface area contributed by atoms with Crippen molar-refractivity contribution in [3.8, 4) is 5.75 Å². The maximum absolute atomic E-state index is 5.80. The Morgan fingerprint density at radius 1 is 1.17 bits per heavy atom. The molecule has 0 fully saturated rings. The number of hydrogen-bond donors (Lipinski definition) is 1. The van der Waals surface area contributed by atoms with Crippen LogP contribution in [0.1, 0.15) is 11.1 Å². The molecule has 0 aliphatic rings. The Hall–Kier alpha value is -1.58. The van der Waals surface area contributed by atoms with Crippen molar-refractivity contribution in [1.29, 1.82) is 0 Å². The molecule has 0 atom stereocenters. The fourth-order valence-electron chi connectivity index (χ4n) is 1.51. The zero-order chi connectivity index (χ0) is 13.0. The van der Waals surface area contributed by atoms with Gasteiger partial charge in [-0.25, -0.2) is 0 Å². The third-order valence-corrected chi connectivity index (χ3v) is 2.92. The molecule has 0 saturated carbocycles. The van der Waals surface area contributed by atoms with Gasteiger partial charge < -0.3 is 10.5 Å². The molecule has 2 nitrogen and oxygen atoms in total. The van der Waals surface area contributed by atoms with Crippen LogP contribution in [0.25, 0.3) is 0 Å². The van der Waals surface area contributed by atoms with Crippen LogP contribution in [0.5, 0.6) is 5.75 Å². The van der Waals surface area contributed by atoms with Crippen LogP contribution in [-0.2, 0) is 6.61 Å². The van der Waals surface area contributed by atoms with Gasteiger partial charge >= 0.3 is 0 Å². The summed E-state index contributed by atoms with van der Waals surface area (Å²) in [6.07, 6.45) is 0. The molecule has 0 bridgehead atoms. The van der Waals surface area contributed by atoms with Gasteiger partial charge in [-0.3, -0.25) is 0 Å². The van der Waals surface area contributed by atoms with Gasteiger partial charge in [-0.15, -0.1) is 0 Å². The SMILES string of the molecule is NC(=S)c1cccc(COc2ccc(Cl)cc2)c1. The maximum Gasteiger partial charge on any atom is 0.119 e. The number of halogens is 1. The van der Waals surface area contributed by atoms with Crippen molar-refractivity contribution in [2.45, 2.75) is 6.61 Å². The molecular formula is C14H12ClNOS. The van der Waals surface area contributed by atoms with Gasteiger partial charge in [0.15, 0.2) is 0 Å². The normalized spacial score (nSPS) is 10.1. The minimum atomic E-state index is 0.392. The highest BCUT2D eigenvalue weighted by Gasteiger charge is 2.00. The highest BCUT2D eigenvalue weighted by Crippen LogP contribution is 2.17. The third-order valence-electron chi connectivity index (χ3n) is 2.43. The largest absolute Gasteiger partial charge is 0.489 e. The average molecular weight is 278 g/mol. The topological polar surface area (TPSA) is 35.2 Å². The fraction of sp³-hybridized carbons (Fsp3) is 0.0714. The van der Waals surface area contributed by atoms with Crippen LogP contribution in [0.15, 0.2) is 48.5 Å². The van der Waals surface area contributed by atoms with Crippen molar-refractivity contribution in [2.24, 2.45) is 5.73 Å². The van der Waals surface area contributed by atoms with Crippen LogP contribution in [0, 0.1) is 0 Å². The van der Waals surface area contributed by atoms with Crippen molar-refractivity contribution in [2.75, 3.05) is 0 Å². The minimum Gasteiger partial charge on any atom is -0.489 e. The highest BCUT2D eigenvalue weighted by atomic mass is 35.5. The second-order valence-electron chi connectivity index (χ2n) is 3.81. The van der Waals surface area contributed by atoms with Gasteiger partial charge in [-0.2, -0.15) is 0 Å². The Labute approximate surface area is 116 Å². The molecule has 2 aromatic rings. The lowest BCUT2D eigenvalue weighted by molar-refractivity contribution is 0.306. The van der Waals surface area contributed by atoms with E-state index in [0.717, 1.165) is 16.9 Å². The van der Waals surface area contributed by atoms with Crippen LogP contribution >= 0.6 is 23.8 Å². The molecule has 0 unspecified atom stereocenters. The predicted molar refractivity (Wildman–Crippen MR) is 78.1 cm³/mol. The molecule has 0 aliphatic heterocycles. The lowest BCUT2D eigenvalue weighted by Crippen LogP contribution is -2.09. The second kappa shape index (κ2) is 5.85. The average Bonchev–Trinajstić information content (AvgIpc) is 2.38. The van der Waals surface area contributed by atoms with Gasteiger partial charge in [0.2, 0.25) is 0 Å². The molecule has 2 N–H and O–H groups in total. The highest BCUT2D eigenvalue weighted by molar-refractivity contribution is 7.80. The van der Waals surface area contributed by atoms with Gasteiger partial charge in [0.1, 0.15) is 17.3 Å². The molecule has 0 aliphatic carbocycles. The molecule has 4 heteroatoms. The Morgan fingerprint density at radius 2 is 1.89 bits per heavy atom. The molecule has 0 spiro atoms. The van der Waals surface area contributed by atoms with Gasteiger partial charge in [-0.05, 0) is 35.9 Å². The number of ether oxygens (including phenoxy) is 1. The quantitative estimate of drug-likeness (QED) is 0.868. The number of nitrogens with two attached hydrogens (primary N) is 1. The standard InChI is InChI=1S/C14H12ClNOS/c15-12-4-6-13(7-5-12)17-9-10-2-1-3-11(8-10)14(16)18/h1-8H,9H2,(H2,16,18). The molecule has 0 saturated heterocycles. The summed E-state index contributed by atoms with van der Waals surface area (Å²) in [4.78, 5) is 0.392. The summed E-state index contributed by atoms with van der Waals surface area (Å²) in [5.74, 6) is 0.778. The Morgan fingerprint density at radius 3 is 2.56 bits per heavy atom. The van der Waals surface area contributed by atoms with Crippen molar-refractivity contribution in [1.82, 2.24) is 0 Å². The Kier molecular flexibility index (Phi) is 4.18. The fourth-order valence-corrected chi connectivity index (χ4v) is 1.76. The van der Waals surface area contributed by atoms with Crippen molar-refractivity contribution in [3.63, 3.8) is 0 Å². The van der Waals surface area contributed by atoms with E-state index in [1.807, 2.05) is 36.4 Å². The lowest BCUT2D eigenvalue weighted by Gasteiger charge is -2.07. The summed E-state index contributed by atoms with van der Waals surface area (Å²) in [6.45, 7) is 0.470. The summed E-state index contributed by atoms with van der Waals surface area (Å²) >= 11 is 10.7. The van der Waals surface area contributed by atoms with Gasteiger partial charge in [-0.1, -0.05) is 42.0 Å². The molecular weight excluding hydrogens is 266 g/mol. The molecule has 2 aromatic carbocycles. The van der Waals surface area contributed by atoms with Gasteiger partial charge in [0.25, 0.3) is 0 Å². The summed E-state index contributed by atoms with van der Waals surface area (Å²) < 4.78 is 5.64. The maximum atomic E-state index is 5.80. The Bertz CT molecular complexity index is 554. The third kappa shape index (κ3) is 3.45. The first kappa shape index (κ1) is 12.9. The molecule has 92 valence electrons. The smallest absolute Gasteiger partial charge is 0.119 e. The molecule has 18 heavy (non-hydrogen) atoms. The van der Waals surface area contributed by atoms with Crippen LogP contribution in [0.4, 0.5) is 0 Å². The van der Waals surface area contributed by atoms with Crippen molar-refractivity contribution < 1.29 is 4.74 Å². The van der Waals surface area contributed by atoms with Crippen LogP contribution in [0.2, 0.25) is 5.02 Å². The summed E-state index contributed by atoms with van der Waals surface area (Å²) in [6, 6.07) is 14.9. The van der Waals surface area contributed by atoms with E-state index in [1.165, 1.54) is 0 Å². The van der Waals surface area contributed by atoms with Crippen LogP contribution in [-0.4, -0.2) is 4.99 Å². The van der Waals surface area contributed by atoms with Crippen LogP contribution in [0.3, 0.4) is 0 Å². The first-order valence-electron chi connectivity index (χ1n) is 5.42. The van der Waals surface area contributed by atoms with E-state index >= 15 is 0 Å². The van der Waals surface area contributed by atoms with E-state index in [1.54, 1.807) is 12.1 Å². The van der Waals surface area contributed by atoms with E-state index < -0.39 is 0 Å². The molecule has 0 radical (unpaired) electrons. The second-order valence-corrected chi connectivity index (χ2v) is 4.68. The van der Waals surface area contributed by atoms with E-state index in [0.29, 0.717) is 16.6 Å². The zero-order valence-electron chi connectivity index (χ0n) is 9.60. The van der Waals surface area contributed by atoms with Crippen LogP contribution < -0.4 is 10.5 Å². The van der Waals surface area contributed by atoms with E-state index in [2.05, 4.69) is 0 Å². The van der Waals surface area contributed by atoms with E-state index in [4.69, 9.17) is 34.3 Å². The number of benzene rings is 2. The molecule has 0 heterocycles. The summed E-state index contributed by atoms with van der Waals surface area (Å²) in [5.41, 5.74) is 7.46. The van der Waals surface area contributed by atoms with E-state index in [-0.39, 0.29) is 0 Å². The number of rotatable bonds is 4. The summed E-state index contributed by atoms with van der Waals surface area (Å²) in [7, 11) is 0. The van der Waals surface area contributed by atoms with Gasteiger partial charge in [0.05, 0.1) is 0 Å². The molecule has 0 aromatic heterocycles. The monoisotopic (exact) mass is 277 g/mol. The van der Waals surface area contributed by atoms with E-state index in [9.17, 15) is 0 Å². The number of hydrogen-bond acceptors (Lipinski definition) is 2. The van der Waals surface area contributed by atoms with Gasteiger partial charge in [0, 0.05) is 10.6 Å².